The molecule has 3 aliphatic carbocycles. The molecule has 2 saturated carbocycles. The summed E-state index contributed by atoms with van der Waals surface area (Å²) in [6.45, 7) is 0. The van der Waals surface area contributed by atoms with Gasteiger partial charge in [0.2, 0.25) is 0 Å². The van der Waals surface area contributed by atoms with Gasteiger partial charge in [-0.15, -0.1) is 0 Å². The fraction of sp³-hybridized carbons (Fsp3) is 0.158. The average molecular weight is 317 g/mol. The van der Waals surface area contributed by atoms with Crippen molar-refractivity contribution in [1.82, 2.24) is 4.90 Å². The number of fused-ring (bicyclic) bond motifs is 3. The van der Waals surface area contributed by atoms with E-state index in [4.69, 9.17) is 0 Å². The van der Waals surface area contributed by atoms with Crippen LogP contribution in [0.5, 0.6) is 0 Å². The van der Waals surface area contributed by atoms with E-state index in [0.717, 1.165) is 0 Å². The number of hydrogen-bond acceptors (Lipinski definition) is 1. The molecule has 2 fully saturated rings. The van der Waals surface area contributed by atoms with Crippen LogP contribution in [0.2, 0.25) is 0 Å². The molecule has 10 radical (unpaired) electrons. The Morgan fingerprint density at radius 2 is 1.43 bits per heavy atom. The van der Waals surface area contributed by atoms with Crippen molar-refractivity contribution in [3.05, 3.63) is 98.6 Å². The smallest absolute Gasteiger partial charge is 0.302 e. The standard InChI is InChI=1S/C14H14N.C5H5.Fe/c1-15(2)14-12-7-4-3-6-10(12)11-8-5-9-13(11)14;1-2-4-5-3-1;/h3-9,14H,1-2H3;1-5H;/q;;+2/t14-;;/m1../s1. The zero-order valence-electron chi connectivity index (χ0n) is 12.3. The third-order valence-electron chi connectivity index (χ3n) is 3.76. The summed E-state index contributed by atoms with van der Waals surface area (Å²) in [6, 6.07) is 9.14. The minimum absolute atomic E-state index is 0. The van der Waals surface area contributed by atoms with Gasteiger partial charge >= 0.3 is 17.1 Å². The molecule has 0 aromatic heterocycles. The van der Waals surface area contributed by atoms with Crippen LogP contribution >= 0.6 is 0 Å². The Bertz CT molecular complexity index is 431. The second kappa shape index (κ2) is 7.81. The summed E-state index contributed by atoms with van der Waals surface area (Å²) in [5, 5.41) is 0. The molecule has 0 unspecified atom stereocenters. The van der Waals surface area contributed by atoms with Crippen molar-refractivity contribution in [2.75, 3.05) is 14.1 Å². The molecule has 0 amide bonds. The quantitative estimate of drug-likeness (QED) is 0.717. The number of nitrogens with zero attached hydrogens (tertiary/aromatic N) is 1. The minimum Gasteiger partial charge on any atom is -0.302 e. The summed E-state index contributed by atoms with van der Waals surface area (Å²) in [4.78, 5) is 2.28. The summed E-state index contributed by atoms with van der Waals surface area (Å²) in [5.41, 5.74) is 2.84. The fourth-order valence-electron chi connectivity index (χ4n) is 2.94. The van der Waals surface area contributed by atoms with Crippen LogP contribution < -0.4 is 0 Å². The molecule has 1 aromatic carbocycles. The van der Waals surface area contributed by atoms with Crippen molar-refractivity contribution in [3.63, 3.8) is 0 Å². The summed E-state index contributed by atoms with van der Waals surface area (Å²) in [7, 11) is 4.28. The van der Waals surface area contributed by atoms with Gasteiger partial charge in [-0.2, -0.15) is 0 Å². The molecule has 1 aromatic rings. The second-order valence-electron chi connectivity index (χ2n) is 5.31. The zero-order chi connectivity index (χ0) is 13.9. The SMILES string of the molecule is CN(C)[C@H]1[C]2[CH][CH][CH][C]2c2ccccc21.[CH]1[CH][CH][CH][CH]1.[Fe+2]. The maximum Gasteiger partial charge on any atom is 2.00 e. The van der Waals surface area contributed by atoms with Gasteiger partial charge in [0.1, 0.15) is 0 Å². The third-order valence-corrected chi connectivity index (χ3v) is 3.76. The Balaban J connectivity index is 0.000000231. The normalized spacial score (nSPS) is 24.2. The largest absolute Gasteiger partial charge is 2.00 e. The van der Waals surface area contributed by atoms with E-state index in [1.165, 1.54) is 23.0 Å². The first kappa shape index (κ1) is 17.1. The van der Waals surface area contributed by atoms with E-state index in [9.17, 15) is 0 Å². The van der Waals surface area contributed by atoms with E-state index in [0.29, 0.717) is 6.04 Å². The van der Waals surface area contributed by atoms with Crippen molar-refractivity contribution in [3.8, 4) is 0 Å². The monoisotopic (exact) mass is 317 g/mol. The van der Waals surface area contributed by atoms with E-state index in [1.54, 1.807) is 0 Å². The van der Waals surface area contributed by atoms with Crippen molar-refractivity contribution < 1.29 is 17.1 Å². The molecule has 2 heteroatoms. The second-order valence-corrected chi connectivity index (χ2v) is 5.31. The summed E-state index contributed by atoms with van der Waals surface area (Å²) in [6.07, 6.45) is 16.6. The molecular weight excluding hydrogens is 298 g/mol. The van der Waals surface area contributed by atoms with E-state index >= 15 is 0 Å². The van der Waals surface area contributed by atoms with E-state index in [2.05, 4.69) is 62.5 Å². The van der Waals surface area contributed by atoms with Gasteiger partial charge in [-0.25, -0.2) is 0 Å². The molecule has 106 valence electrons. The predicted octanol–water partition coefficient (Wildman–Crippen LogP) is 3.45. The van der Waals surface area contributed by atoms with Crippen molar-refractivity contribution in [1.29, 1.82) is 0 Å². The Labute approximate surface area is 141 Å². The van der Waals surface area contributed by atoms with Gasteiger partial charge in [0.15, 0.2) is 0 Å². The molecule has 1 atom stereocenters. The maximum absolute atomic E-state index is 2.28. The minimum atomic E-state index is 0. The Morgan fingerprint density at radius 1 is 0.810 bits per heavy atom. The first-order valence-electron chi connectivity index (χ1n) is 6.97. The van der Waals surface area contributed by atoms with Crippen LogP contribution in [0.25, 0.3) is 0 Å². The Morgan fingerprint density at radius 3 is 2.05 bits per heavy atom. The Hall–Kier alpha value is -0.301. The van der Waals surface area contributed by atoms with Gasteiger partial charge in [0.05, 0.1) is 0 Å². The molecule has 0 N–H and O–H groups in total. The fourth-order valence-corrected chi connectivity index (χ4v) is 2.94. The van der Waals surface area contributed by atoms with Crippen molar-refractivity contribution in [2.24, 2.45) is 0 Å². The molecule has 3 aliphatic rings. The van der Waals surface area contributed by atoms with Crippen LogP contribution in [-0.4, -0.2) is 19.0 Å². The first-order chi connectivity index (χ1) is 9.79. The van der Waals surface area contributed by atoms with Gasteiger partial charge in [-0.1, -0.05) is 24.3 Å². The van der Waals surface area contributed by atoms with Gasteiger partial charge in [0, 0.05) is 17.9 Å². The molecule has 0 aliphatic heterocycles. The van der Waals surface area contributed by atoms with Gasteiger partial charge in [-0.3, -0.25) is 0 Å². The van der Waals surface area contributed by atoms with Crippen LogP contribution in [0.15, 0.2) is 24.3 Å². The van der Waals surface area contributed by atoms with Gasteiger partial charge in [-0.05, 0) is 76.6 Å². The van der Waals surface area contributed by atoms with Gasteiger partial charge in [0.25, 0.3) is 0 Å². The zero-order valence-corrected chi connectivity index (χ0v) is 13.4. The van der Waals surface area contributed by atoms with Gasteiger partial charge < -0.3 is 4.90 Å². The maximum atomic E-state index is 2.28. The molecule has 0 bridgehead atoms. The van der Waals surface area contributed by atoms with Crippen LogP contribution in [0, 0.1) is 63.2 Å². The van der Waals surface area contributed by atoms with E-state index in [1.807, 2.05) is 32.1 Å². The molecule has 0 saturated heterocycles. The van der Waals surface area contributed by atoms with Crippen LogP contribution in [-0.2, 0) is 17.1 Å². The summed E-state index contributed by atoms with van der Waals surface area (Å²) in [5.74, 6) is 2.85. The number of hydrogen-bond donors (Lipinski definition) is 0. The summed E-state index contributed by atoms with van der Waals surface area (Å²) >= 11 is 0. The van der Waals surface area contributed by atoms with Crippen LogP contribution in [0.4, 0.5) is 0 Å². The number of rotatable bonds is 1. The number of benzene rings is 1. The van der Waals surface area contributed by atoms with Crippen LogP contribution in [0.3, 0.4) is 0 Å². The topological polar surface area (TPSA) is 3.24 Å². The molecule has 21 heavy (non-hydrogen) atoms. The molecular formula is C19H19FeN+2. The summed E-state index contributed by atoms with van der Waals surface area (Å²) < 4.78 is 0. The first-order valence-corrected chi connectivity index (χ1v) is 6.97. The average Bonchev–Trinajstić information content (AvgIpc) is 3.17. The third kappa shape index (κ3) is 3.55. The Kier molecular flexibility index (Phi) is 6.34. The van der Waals surface area contributed by atoms with Crippen molar-refractivity contribution >= 4 is 0 Å². The van der Waals surface area contributed by atoms with E-state index in [-0.39, 0.29) is 17.1 Å². The molecule has 1 nitrogen and oxygen atoms in total. The predicted molar refractivity (Wildman–Crippen MR) is 82.9 cm³/mol. The molecule has 0 heterocycles. The van der Waals surface area contributed by atoms with Crippen LogP contribution in [0.1, 0.15) is 17.2 Å². The molecule has 4 rings (SSSR count). The molecule has 0 spiro atoms. The van der Waals surface area contributed by atoms with Crippen molar-refractivity contribution in [2.45, 2.75) is 6.04 Å². The van der Waals surface area contributed by atoms with E-state index < -0.39 is 0 Å².